The number of methoxy groups -OCH3 is 2. The zero-order valence-electron chi connectivity index (χ0n) is 21.4. The average Bonchev–Trinajstić information content (AvgIpc) is 3.48. The number of H-pyrrole nitrogens is 1. The van der Waals surface area contributed by atoms with Gasteiger partial charge in [-0.1, -0.05) is 24.4 Å². The van der Waals surface area contributed by atoms with Gasteiger partial charge in [-0.2, -0.15) is 0 Å². The molecular formula is C26H33ClN4O6. The molecule has 200 valence electrons. The Hall–Kier alpha value is -3.27. The number of aromatic amines is 1. The molecule has 2 fully saturated rings. The minimum atomic E-state index is -1.01. The molecule has 3 amide bonds. The van der Waals surface area contributed by atoms with Gasteiger partial charge in [0.15, 0.2) is 0 Å². The lowest BCUT2D eigenvalue weighted by Crippen LogP contribution is -2.52. The summed E-state index contributed by atoms with van der Waals surface area (Å²) in [6, 6.07) is 3.16. The van der Waals surface area contributed by atoms with Crippen molar-refractivity contribution in [1.82, 2.24) is 20.9 Å². The van der Waals surface area contributed by atoms with Crippen LogP contribution in [0.1, 0.15) is 56.4 Å². The lowest BCUT2D eigenvalue weighted by Gasteiger charge is -2.23. The maximum Gasteiger partial charge on any atom is 0.328 e. The molecule has 2 aromatic rings. The van der Waals surface area contributed by atoms with Gasteiger partial charge in [0.25, 0.3) is 5.91 Å². The first-order valence-corrected chi connectivity index (χ1v) is 12.7. The van der Waals surface area contributed by atoms with E-state index in [0.29, 0.717) is 40.4 Å². The summed E-state index contributed by atoms with van der Waals surface area (Å²) in [5.74, 6) is -1.34. The number of carbonyl (C=O) groups excluding carboxylic acids is 4. The van der Waals surface area contributed by atoms with Gasteiger partial charge in [0, 0.05) is 22.9 Å². The second-order valence-electron chi connectivity index (χ2n) is 10.6. The third kappa shape index (κ3) is 6.36. The van der Waals surface area contributed by atoms with Crippen molar-refractivity contribution in [3.63, 3.8) is 0 Å². The van der Waals surface area contributed by atoms with Gasteiger partial charge in [0.2, 0.25) is 11.8 Å². The first-order valence-electron chi connectivity index (χ1n) is 12.4. The van der Waals surface area contributed by atoms with E-state index in [9.17, 15) is 19.2 Å². The molecule has 1 aromatic heterocycles. The monoisotopic (exact) mass is 532 g/mol. The quantitative estimate of drug-likeness (QED) is 0.347. The number of rotatable bonds is 10. The molecule has 37 heavy (non-hydrogen) atoms. The Morgan fingerprint density at radius 3 is 2.43 bits per heavy atom. The van der Waals surface area contributed by atoms with Crippen LogP contribution >= 0.6 is 11.6 Å². The van der Waals surface area contributed by atoms with Crippen LogP contribution in [0.25, 0.3) is 10.9 Å². The number of nitrogens with one attached hydrogen (secondary N) is 4. The Morgan fingerprint density at radius 1 is 1.11 bits per heavy atom. The zero-order chi connectivity index (χ0) is 26.9. The second-order valence-corrected chi connectivity index (χ2v) is 11.0. The highest BCUT2D eigenvalue weighted by molar-refractivity contribution is 6.35. The summed E-state index contributed by atoms with van der Waals surface area (Å²) in [4.78, 5) is 54.3. The average molecular weight is 533 g/mol. The Kier molecular flexibility index (Phi) is 7.68. The van der Waals surface area contributed by atoms with Crippen molar-refractivity contribution in [2.24, 2.45) is 11.8 Å². The van der Waals surface area contributed by atoms with Crippen molar-refractivity contribution in [3.8, 4) is 5.75 Å². The highest BCUT2D eigenvalue weighted by atomic mass is 35.5. The minimum Gasteiger partial charge on any atom is -0.497 e. The van der Waals surface area contributed by atoms with E-state index in [1.807, 2.05) is 13.8 Å². The lowest BCUT2D eigenvalue weighted by atomic mass is 9.91. The maximum atomic E-state index is 13.3. The largest absolute Gasteiger partial charge is 0.497 e. The molecule has 4 rings (SSSR count). The Labute approximate surface area is 220 Å². The van der Waals surface area contributed by atoms with Crippen molar-refractivity contribution in [2.75, 3.05) is 14.2 Å². The number of ether oxygens (including phenoxy) is 2. The van der Waals surface area contributed by atoms with Crippen molar-refractivity contribution < 1.29 is 28.7 Å². The van der Waals surface area contributed by atoms with Gasteiger partial charge in [-0.3, -0.25) is 14.4 Å². The summed E-state index contributed by atoms with van der Waals surface area (Å²) >= 11 is 6.31. The molecule has 1 saturated carbocycles. The summed E-state index contributed by atoms with van der Waals surface area (Å²) in [7, 11) is 2.76. The van der Waals surface area contributed by atoms with E-state index in [1.54, 1.807) is 18.2 Å². The first-order chi connectivity index (χ1) is 17.5. The van der Waals surface area contributed by atoms with Crippen LogP contribution < -0.4 is 20.7 Å². The Balaban J connectivity index is 1.49. The van der Waals surface area contributed by atoms with Crippen LogP contribution in [0.2, 0.25) is 5.02 Å². The predicted molar refractivity (Wildman–Crippen MR) is 137 cm³/mol. The fourth-order valence-corrected chi connectivity index (χ4v) is 5.13. The zero-order valence-corrected chi connectivity index (χ0v) is 22.2. The molecule has 1 saturated heterocycles. The van der Waals surface area contributed by atoms with Gasteiger partial charge in [-0.05, 0) is 51.2 Å². The van der Waals surface area contributed by atoms with Crippen LogP contribution in [0.15, 0.2) is 18.2 Å². The number of halogens is 1. The van der Waals surface area contributed by atoms with E-state index in [0.717, 1.165) is 12.8 Å². The molecule has 2 heterocycles. The number of fused-ring (bicyclic) bond motifs is 1. The Bertz CT molecular complexity index is 1220. The van der Waals surface area contributed by atoms with Crippen LogP contribution in [0.4, 0.5) is 0 Å². The second kappa shape index (κ2) is 10.6. The molecule has 4 N–H and O–H groups in total. The molecule has 2 aliphatic rings. The Morgan fingerprint density at radius 2 is 1.84 bits per heavy atom. The van der Waals surface area contributed by atoms with Gasteiger partial charge in [-0.25, -0.2) is 4.79 Å². The number of hydrogen-bond acceptors (Lipinski definition) is 6. The number of carbonyl (C=O) groups is 4. The molecule has 1 aromatic carbocycles. The molecule has 0 spiro atoms. The highest BCUT2D eigenvalue weighted by Gasteiger charge is 2.41. The smallest absolute Gasteiger partial charge is 0.328 e. The van der Waals surface area contributed by atoms with Crippen LogP contribution in [0.5, 0.6) is 5.75 Å². The van der Waals surface area contributed by atoms with E-state index < -0.39 is 35.8 Å². The van der Waals surface area contributed by atoms with Gasteiger partial charge in [0.05, 0.1) is 24.8 Å². The SMILES string of the molecule is COC(=O)C(C[C@@H]1CC(C)(C)NC1=O)NC(=O)C(CC1CC1)NC(=O)c1cc2cc(OC)cc(Cl)c2[nH]1. The van der Waals surface area contributed by atoms with E-state index >= 15 is 0 Å². The predicted octanol–water partition coefficient (Wildman–Crippen LogP) is 2.69. The summed E-state index contributed by atoms with van der Waals surface area (Å²) < 4.78 is 10.1. The van der Waals surface area contributed by atoms with Gasteiger partial charge in [0.1, 0.15) is 23.5 Å². The number of aromatic nitrogens is 1. The van der Waals surface area contributed by atoms with Crippen LogP contribution in [0.3, 0.4) is 0 Å². The number of hydrogen-bond donors (Lipinski definition) is 4. The van der Waals surface area contributed by atoms with E-state index in [4.69, 9.17) is 21.1 Å². The van der Waals surface area contributed by atoms with Crippen molar-refractivity contribution in [1.29, 1.82) is 0 Å². The molecule has 0 radical (unpaired) electrons. The molecule has 0 bridgehead atoms. The van der Waals surface area contributed by atoms with Crippen LogP contribution in [-0.4, -0.2) is 60.5 Å². The molecule has 2 unspecified atom stereocenters. The van der Waals surface area contributed by atoms with E-state index in [1.165, 1.54) is 14.2 Å². The highest BCUT2D eigenvalue weighted by Crippen LogP contribution is 2.34. The number of benzene rings is 1. The molecular weight excluding hydrogens is 500 g/mol. The molecule has 10 nitrogen and oxygen atoms in total. The van der Waals surface area contributed by atoms with Crippen molar-refractivity contribution in [3.05, 3.63) is 28.9 Å². The maximum absolute atomic E-state index is 13.3. The van der Waals surface area contributed by atoms with Gasteiger partial charge < -0.3 is 30.4 Å². The molecule has 11 heteroatoms. The van der Waals surface area contributed by atoms with Crippen molar-refractivity contribution in [2.45, 2.75) is 63.6 Å². The van der Waals surface area contributed by atoms with E-state index in [-0.39, 0.29) is 23.6 Å². The summed E-state index contributed by atoms with van der Waals surface area (Å²) in [5.41, 5.74) is 0.439. The fraction of sp³-hybridized carbons (Fsp3) is 0.538. The fourth-order valence-electron chi connectivity index (χ4n) is 4.87. The third-order valence-corrected chi connectivity index (χ3v) is 7.23. The topological polar surface area (TPSA) is 139 Å². The summed E-state index contributed by atoms with van der Waals surface area (Å²) in [6.45, 7) is 3.82. The molecule has 3 atom stereocenters. The van der Waals surface area contributed by atoms with Gasteiger partial charge in [-0.15, -0.1) is 0 Å². The molecule has 1 aliphatic heterocycles. The number of esters is 1. The van der Waals surface area contributed by atoms with E-state index in [2.05, 4.69) is 20.9 Å². The summed E-state index contributed by atoms with van der Waals surface area (Å²) in [6.07, 6.45) is 3.03. The standard InChI is InChI=1S/C26H33ClN4O6/c1-26(2)12-15(22(32)31-26)10-20(25(35)37-4)30-23(33)18(7-13-5-6-13)29-24(34)19-9-14-8-16(36-3)11-17(27)21(14)28-19/h8-9,11,13,15,18,20,28H,5-7,10,12H2,1-4H3,(H,29,34)(H,30,33)(H,31,32)/t15-,18?,20?/m1/s1. The lowest BCUT2D eigenvalue weighted by molar-refractivity contribution is -0.146. The molecule has 1 aliphatic carbocycles. The number of amides is 3. The minimum absolute atomic E-state index is 0.111. The van der Waals surface area contributed by atoms with Crippen LogP contribution in [0, 0.1) is 11.8 Å². The normalized spacial score (nSPS) is 20.1. The third-order valence-electron chi connectivity index (χ3n) is 6.93. The van der Waals surface area contributed by atoms with Crippen molar-refractivity contribution >= 4 is 46.2 Å². The van der Waals surface area contributed by atoms with Crippen LogP contribution in [-0.2, 0) is 19.1 Å². The summed E-state index contributed by atoms with van der Waals surface area (Å²) in [5, 5.41) is 9.53. The first kappa shape index (κ1) is 26.8. The van der Waals surface area contributed by atoms with Gasteiger partial charge >= 0.3 is 5.97 Å².